The van der Waals surface area contributed by atoms with Crippen LogP contribution in [-0.4, -0.2) is 6.61 Å². The van der Waals surface area contributed by atoms with Crippen molar-refractivity contribution >= 4 is 0 Å². The van der Waals surface area contributed by atoms with Crippen LogP contribution >= 0.6 is 0 Å². The monoisotopic (exact) mass is 193 g/mol. The summed E-state index contributed by atoms with van der Waals surface area (Å²) in [6.07, 6.45) is 1.61. The van der Waals surface area contributed by atoms with Gasteiger partial charge in [0.1, 0.15) is 0 Å². The number of hydrogen-bond donors (Lipinski definition) is 0. The van der Waals surface area contributed by atoms with E-state index in [0.29, 0.717) is 12.2 Å². The molecule has 0 amide bonds. The first kappa shape index (κ1) is 10.8. The lowest BCUT2D eigenvalue weighted by atomic mass is 10.0. The SMILES string of the molecule is [CH2]C(C=C)c1cccc(OCC)c1F. The van der Waals surface area contributed by atoms with Gasteiger partial charge < -0.3 is 4.74 Å². The zero-order chi connectivity index (χ0) is 10.6. The van der Waals surface area contributed by atoms with Gasteiger partial charge in [-0.3, -0.25) is 0 Å². The van der Waals surface area contributed by atoms with Gasteiger partial charge in [0.05, 0.1) is 6.61 Å². The first-order valence-electron chi connectivity index (χ1n) is 4.57. The summed E-state index contributed by atoms with van der Waals surface area (Å²) in [5, 5.41) is 0. The number of allylic oxidation sites excluding steroid dienone is 1. The molecule has 1 unspecified atom stereocenters. The molecule has 1 aromatic carbocycles. The molecule has 14 heavy (non-hydrogen) atoms. The minimum atomic E-state index is -0.339. The quantitative estimate of drug-likeness (QED) is 0.666. The van der Waals surface area contributed by atoms with E-state index in [1.807, 2.05) is 6.92 Å². The Hall–Kier alpha value is -1.31. The zero-order valence-electron chi connectivity index (χ0n) is 8.29. The molecule has 0 bridgehead atoms. The van der Waals surface area contributed by atoms with E-state index < -0.39 is 0 Å². The molecule has 0 aliphatic heterocycles. The molecule has 2 heteroatoms. The molecule has 1 rings (SSSR count). The van der Waals surface area contributed by atoms with Crippen LogP contribution in [0.2, 0.25) is 0 Å². The van der Waals surface area contributed by atoms with Crippen molar-refractivity contribution in [2.45, 2.75) is 12.8 Å². The predicted octanol–water partition coefficient (Wildman–Crippen LogP) is 3.33. The summed E-state index contributed by atoms with van der Waals surface area (Å²) in [5.41, 5.74) is 0.519. The Balaban J connectivity index is 3.06. The van der Waals surface area contributed by atoms with Gasteiger partial charge in [-0.05, 0) is 25.5 Å². The third-order valence-corrected chi connectivity index (χ3v) is 1.98. The third kappa shape index (κ3) is 2.13. The van der Waals surface area contributed by atoms with Gasteiger partial charge in [0, 0.05) is 5.92 Å². The van der Waals surface area contributed by atoms with Crippen LogP contribution in [0.25, 0.3) is 0 Å². The van der Waals surface area contributed by atoms with Crippen molar-refractivity contribution < 1.29 is 9.13 Å². The molecule has 0 saturated heterocycles. The van der Waals surface area contributed by atoms with Crippen molar-refractivity contribution in [1.29, 1.82) is 0 Å². The Morgan fingerprint density at radius 3 is 2.86 bits per heavy atom. The maximum atomic E-state index is 13.7. The summed E-state index contributed by atoms with van der Waals surface area (Å²) in [7, 11) is 0. The molecule has 1 nitrogen and oxygen atoms in total. The minimum absolute atomic E-state index is 0.240. The maximum absolute atomic E-state index is 13.7. The van der Waals surface area contributed by atoms with Gasteiger partial charge in [-0.1, -0.05) is 18.2 Å². The molecule has 0 heterocycles. The van der Waals surface area contributed by atoms with Gasteiger partial charge in [0.15, 0.2) is 11.6 Å². The van der Waals surface area contributed by atoms with Crippen LogP contribution in [0.3, 0.4) is 0 Å². The van der Waals surface area contributed by atoms with E-state index in [0.717, 1.165) is 0 Å². The summed E-state index contributed by atoms with van der Waals surface area (Å²) in [6, 6.07) is 5.06. The molecule has 1 atom stereocenters. The normalized spacial score (nSPS) is 12.2. The summed E-state index contributed by atoms with van der Waals surface area (Å²) in [5.74, 6) is -0.301. The Labute approximate surface area is 84.2 Å². The van der Waals surface area contributed by atoms with Crippen LogP contribution in [0.15, 0.2) is 30.9 Å². The molecule has 0 spiro atoms. The van der Waals surface area contributed by atoms with Crippen molar-refractivity contribution in [3.63, 3.8) is 0 Å². The van der Waals surface area contributed by atoms with Crippen LogP contribution in [-0.2, 0) is 0 Å². The van der Waals surface area contributed by atoms with Crippen LogP contribution in [0.5, 0.6) is 5.75 Å². The second-order valence-electron chi connectivity index (χ2n) is 2.93. The van der Waals surface area contributed by atoms with E-state index >= 15 is 0 Å². The van der Waals surface area contributed by atoms with Gasteiger partial charge in [-0.15, -0.1) is 6.58 Å². The standard InChI is InChI=1S/C12H14FO/c1-4-9(3)10-7-6-8-11(12(10)13)14-5-2/h4,6-9H,1,3,5H2,2H3. The average Bonchev–Trinajstić information content (AvgIpc) is 2.20. The topological polar surface area (TPSA) is 9.23 Å². The van der Waals surface area contributed by atoms with Crippen molar-refractivity contribution in [2.75, 3.05) is 6.61 Å². The summed E-state index contributed by atoms with van der Waals surface area (Å²) in [6.45, 7) is 9.63. The lowest BCUT2D eigenvalue weighted by molar-refractivity contribution is 0.320. The largest absolute Gasteiger partial charge is 0.491 e. The molecular weight excluding hydrogens is 179 g/mol. The predicted molar refractivity (Wildman–Crippen MR) is 55.9 cm³/mol. The molecule has 0 fully saturated rings. The molecule has 75 valence electrons. The minimum Gasteiger partial charge on any atom is -0.491 e. The molecule has 0 aliphatic carbocycles. The molecule has 0 saturated carbocycles. The van der Waals surface area contributed by atoms with Crippen molar-refractivity contribution in [1.82, 2.24) is 0 Å². The molecule has 1 aromatic rings. The van der Waals surface area contributed by atoms with Crippen LogP contribution in [0.1, 0.15) is 18.4 Å². The van der Waals surface area contributed by atoms with Gasteiger partial charge in [0.2, 0.25) is 0 Å². The first-order valence-corrected chi connectivity index (χ1v) is 4.57. The van der Waals surface area contributed by atoms with Crippen LogP contribution in [0.4, 0.5) is 4.39 Å². The smallest absolute Gasteiger partial charge is 0.168 e. The van der Waals surface area contributed by atoms with Crippen LogP contribution in [0, 0.1) is 12.7 Å². The van der Waals surface area contributed by atoms with Crippen molar-refractivity contribution in [3.05, 3.63) is 49.2 Å². The highest BCUT2D eigenvalue weighted by atomic mass is 19.1. The van der Waals surface area contributed by atoms with E-state index in [-0.39, 0.29) is 17.5 Å². The first-order chi connectivity index (χ1) is 6.70. The fraction of sp³-hybridized carbons (Fsp3) is 0.250. The fourth-order valence-corrected chi connectivity index (χ4v) is 1.21. The van der Waals surface area contributed by atoms with Crippen LogP contribution < -0.4 is 4.74 Å². The second kappa shape index (κ2) is 4.80. The Morgan fingerprint density at radius 2 is 2.29 bits per heavy atom. The average molecular weight is 193 g/mol. The van der Waals surface area contributed by atoms with Gasteiger partial charge in [-0.25, -0.2) is 4.39 Å². The highest BCUT2D eigenvalue weighted by Crippen LogP contribution is 2.26. The summed E-state index contributed by atoms with van der Waals surface area (Å²) >= 11 is 0. The maximum Gasteiger partial charge on any atom is 0.168 e. The van der Waals surface area contributed by atoms with E-state index in [9.17, 15) is 4.39 Å². The lowest BCUT2D eigenvalue weighted by Gasteiger charge is -2.11. The van der Waals surface area contributed by atoms with E-state index in [2.05, 4.69) is 13.5 Å². The number of rotatable bonds is 4. The molecule has 1 radical (unpaired) electrons. The molecular formula is C12H14FO. The van der Waals surface area contributed by atoms with Gasteiger partial charge >= 0.3 is 0 Å². The van der Waals surface area contributed by atoms with E-state index in [4.69, 9.17) is 4.74 Å². The number of halogens is 1. The Kier molecular flexibility index (Phi) is 3.69. The third-order valence-electron chi connectivity index (χ3n) is 1.98. The lowest BCUT2D eigenvalue weighted by Crippen LogP contribution is -2.00. The van der Waals surface area contributed by atoms with Crippen molar-refractivity contribution in [2.24, 2.45) is 0 Å². The van der Waals surface area contributed by atoms with Gasteiger partial charge in [0.25, 0.3) is 0 Å². The highest BCUT2D eigenvalue weighted by Gasteiger charge is 2.12. The fourth-order valence-electron chi connectivity index (χ4n) is 1.21. The Bertz CT molecular complexity index is 320. The Morgan fingerprint density at radius 1 is 1.57 bits per heavy atom. The molecule has 0 N–H and O–H groups in total. The van der Waals surface area contributed by atoms with E-state index in [1.165, 1.54) is 0 Å². The zero-order valence-corrected chi connectivity index (χ0v) is 8.29. The molecule has 0 aliphatic rings. The number of ether oxygens (including phenoxy) is 1. The van der Waals surface area contributed by atoms with Crippen molar-refractivity contribution in [3.8, 4) is 5.75 Å². The number of benzene rings is 1. The van der Waals surface area contributed by atoms with Gasteiger partial charge in [-0.2, -0.15) is 0 Å². The number of hydrogen-bond acceptors (Lipinski definition) is 1. The second-order valence-corrected chi connectivity index (χ2v) is 2.93. The van der Waals surface area contributed by atoms with E-state index in [1.54, 1.807) is 24.3 Å². The summed E-state index contributed by atoms with van der Waals surface area (Å²) < 4.78 is 18.8. The molecule has 0 aromatic heterocycles. The summed E-state index contributed by atoms with van der Waals surface area (Å²) in [4.78, 5) is 0. The highest BCUT2D eigenvalue weighted by molar-refractivity contribution is 5.35.